The van der Waals surface area contributed by atoms with Gasteiger partial charge in [0, 0.05) is 51.0 Å². The summed E-state index contributed by atoms with van der Waals surface area (Å²) in [4.78, 5) is 9.09. The van der Waals surface area contributed by atoms with Crippen LogP contribution in [-0.2, 0) is 13.0 Å². The molecule has 1 aliphatic heterocycles. The molecule has 0 aromatic carbocycles. The van der Waals surface area contributed by atoms with Crippen molar-refractivity contribution in [2.45, 2.75) is 44.9 Å². The number of aromatic nitrogens is 2. The molecule has 1 aromatic heterocycles. The molecule has 2 atom stereocenters. The van der Waals surface area contributed by atoms with Gasteiger partial charge in [-0.25, -0.2) is 4.98 Å². The molecule has 2 heterocycles. The number of hydrogen-bond acceptors (Lipinski definition) is 4. The van der Waals surface area contributed by atoms with Crippen molar-refractivity contribution < 1.29 is 5.11 Å². The second-order valence-electron chi connectivity index (χ2n) is 6.03. The number of imidazole rings is 1. The number of rotatable bonds is 6. The van der Waals surface area contributed by atoms with Crippen LogP contribution in [0.3, 0.4) is 0 Å². The minimum absolute atomic E-state index is 0.313. The van der Waals surface area contributed by atoms with E-state index in [0.29, 0.717) is 12.5 Å². The van der Waals surface area contributed by atoms with Gasteiger partial charge in [-0.15, -0.1) is 0 Å². The highest BCUT2D eigenvalue weighted by Crippen LogP contribution is 2.14. The Balaban J connectivity index is 1.88. The Hall–Kier alpha value is -0.910. The molecule has 1 saturated heterocycles. The molecule has 1 aliphatic rings. The van der Waals surface area contributed by atoms with Gasteiger partial charge in [0.1, 0.15) is 5.82 Å². The lowest BCUT2D eigenvalue weighted by Crippen LogP contribution is -2.51. The van der Waals surface area contributed by atoms with Crippen LogP contribution in [0.25, 0.3) is 0 Å². The van der Waals surface area contributed by atoms with Crippen molar-refractivity contribution in [2.24, 2.45) is 0 Å². The van der Waals surface area contributed by atoms with Crippen LogP contribution >= 0.6 is 0 Å². The Morgan fingerprint density at radius 2 is 2.20 bits per heavy atom. The first kappa shape index (κ1) is 15.5. The van der Waals surface area contributed by atoms with E-state index in [1.165, 1.54) is 0 Å². The molecule has 2 rings (SSSR count). The maximum atomic E-state index is 10.4. The zero-order valence-electron chi connectivity index (χ0n) is 13.0. The fraction of sp³-hybridized carbons (Fsp3) is 0.800. The molecule has 0 saturated carbocycles. The Kier molecular flexibility index (Phi) is 5.57. The zero-order valence-corrected chi connectivity index (χ0v) is 13.0. The van der Waals surface area contributed by atoms with E-state index in [4.69, 9.17) is 0 Å². The maximum Gasteiger partial charge on any atom is 0.111 e. The lowest BCUT2D eigenvalue weighted by atomic mass is 10.0. The molecular formula is C15H28N4O. The van der Waals surface area contributed by atoms with Crippen LogP contribution in [0.4, 0.5) is 0 Å². The van der Waals surface area contributed by atoms with Crippen molar-refractivity contribution in [1.82, 2.24) is 19.4 Å². The van der Waals surface area contributed by atoms with E-state index < -0.39 is 0 Å². The van der Waals surface area contributed by atoms with Crippen LogP contribution in [-0.4, -0.2) is 70.3 Å². The number of aliphatic hydroxyl groups excluding tert-OH is 1. The number of likely N-dealkylation sites (N-methyl/N-ethyl adjacent to an activating group) is 2. The van der Waals surface area contributed by atoms with Crippen molar-refractivity contribution in [3.05, 3.63) is 18.2 Å². The first-order valence-corrected chi connectivity index (χ1v) is 7.67. The predicted octanol–water partition coefficient (Wildman–Crippen LogP) is 0.832. The van der Waals surface area contributed by atoms with Gasteiger partial charge in [-0.3, -0.25) is 0 Å². The SMILES string of the molecule is CCCn1ccnc1CC(O)CC1CN(C)CCN1C. The molecule has 0 amide bonds. The molecule has 0 bridgehead atoms. The van der Waals surface area contributed by atoms with Gasteiger partial charge in [-0.05, 0) is 26.9 Å². The Morgan fingerprint density at radius 1 is 1.40 bits per heavy atom. The van der Waals surface area contributed by atoms with Gasteiger partial charge in [0.15, 0.2) is 0 Å². The van der Waals surface area contributed by atoms with Gasteiger partial charge in [0.2, 0.25) is 0 Å². The van der Waals surface area contributed by atoms with Crippen molar-refractivity contribution in [3.63, 3.8) is 0 Å². The molecule has 1 N–H and O–H groups in total. The molecule has 1 aromatic rings. The lowest BCUT2D eigenvalue weighted by Gasteiger charge is -2.38. The van der Waals surface area contributed by atoms with Crippen molar-refractivity contribution >= 4 is 0 Å². The monoisotopic (exact) mass is 280 g/mol. The van der Waals surface area contributed by atoms with Crippen molar-refractivity contribution in [3.8, 4) is 0 Å². The summed E-state index contributed by atoms with van der Waals surface area (Å²) in [5.74, 6) is 1.01. The van der Waals surface area contributed by atoms with E-state index in [2.05, 4.69) is 40.4 Å². The third kappa shape index (κ3) is 4.04. The number of nitrogens with zero attached hydrogens (tertiary/aromatic N) is 4. The molecule has 5 nitrogen and oxygen atoms in total. The van der Waals surface area contributed by atoms with Crippen LogP contribution in [0, 0.1) is 0 Å². The topological polar surface area (TPSA) is 44.5 Å². The second kappa shape index (κ2) is 7.20. The van der Waals surface area contributed by atoms with Crippen molar-refractivity contribution in [1.29, 1.82) is 0 Å². The summed E-state index contributed by atoms with van der Waals surface area (Å²) in [6.07, 6.45) is 6.09. The van der Waals surface area contributed by atoms with Gasteiger partial charge in [-0.1, -0.05) is 6.92 Å². The standard InChI is InChI=1S/C15H28N4O/c1-4-6-19-7-5-16-15(19)11-14(20)10-13-12-17(2)8-9-18(13)3/h5,7,13-14,20H,4,6,8-12H2,1-3H3. The third-order valence-electron chi connectivity index (χ3n) is 4.21. The van der Waals surface area contributed by atoms with Crippen LogP contribution in [0.5, 0.6) is 0 Å². The smallest absolute Gasteiger partial charge is 0.111 e. The lowest BCUT2D eigenvalue weighted by molar-refractivity contribution is 0.0628. The summed E-state index contributed by atoms with van der Waals surface area (Å²) in [6.45, 7) is 6.38. The normalized spacial score (nSPS) is 23.1. The summed E-state index contributed by atoms with van der Waals surface area (Å²) < 4.78 is 2.15. The Labute approximate surface area is 122 Å². The molecule has 1 fully saturated rings. The van der Waals surface area contributed by atoms with Crippen LogP contribution < -0.4 is 0 Å². The van der Waals surface area contributed by atoms with Gasteiger partial charge in [0.05, 0.1) is 6.10 Å². The summed E-state index contributed by atoms with van der Waals surface area (Å²) in [5.41, 5.74) is 0. The number of aryl methyl sites for hydroxylation is 1. The van der Waals surface area contributed by atoms with E-state index >= 15 is 0 Å². The van der Waals surface area contributed by atoms with Crippen molar-refractivity contribution in [2.75, 3.05) is 33.7 Å². The van der Waals surface area contributed by atoms with E-state index in [1.54, 1.807) is 0 Å². The fourth-order valence-electron chi connectivity index (χ4n) is 2.94. The minimum atomic E-state index is -0.313. The van der Waals surface area contributed by atoms with E-state index in [-0.39, 0.29) is 6.10 Å². The third-order valence-corrected chi connectivity index (χ3v) is 4.21. The highest BCUT2D eigenvalue weighted by atomic mass is 16.3. The van der Waals surface area contributed by atoms with E-state index in [1.807, 2.05) is 12.4 Å². The summed E-state index contributed by atoms with van der Waals surface area (Å²) in [6, 6.07) is 0.443. The van der Waals surface area contributed by atoms with Crippen LogP contribution in [0.2, 0.25) is 0 Å². The van der Waals surface area contributed by atoms with Gasteiger partial charge < -0.3 is 19.5 Å². The quantitative estimate of drug-likeness (QED) is 0.838. The average molecular weight is 280 g/mol. The molecule has 0 radical (unpaired) electrons. The summed E-state index contributed by atoms with van der Waals surface area (Å²) in [5, 5.41) is 10.4. The van der Waals surface area contributed by atoms with Gasteiger partial charge in [-0.2, -0.15) is 0 Å². The summed E-state index contributed by atoms with van der Waals surface area (Å²) >= 11 is 0. The Morgan fingerprint density at radius 3 is 2.95 bits per heavy atom. The minimum Gasteiger partial charge on any atom is -0.393 e. The highest BCUT2D eigenvalue weighted by molar-refractivity contribution is 4.95. The van der Waals surface area contributed by atoms with E-state index in [0.717, 1.165) is 44.8 Å². The second-order valence-corrected chi connectivity index (χ2v) is 6.03. The molecule has 2 unspecified atom stereocenters. The maximum absolute atomic E-state index is 10.4. The molecule has 20 heavy (non-hydrogen) atoms. The molecule has 0 spiro atoms. The first-order valence-electron chi connectivity index (χ1n) is 7.67. The zero-order chi connectivity index (χ0) is 14.5. The largest absolute Gasteiger partial charge is 0.393 e. The summed E-state index contributed by atoms with van der Waals surface area (Å²) in [7, 11) is 4.31. The number of aliphatic hydroxyl groups is 1. The molecule has 5 heteroatoms. The van der Waals surface area contributed by atoms with Gasteiger partial charge in [0.25, 0.3) is 0 Å². The Bertz CT molecular complexity index is 406. The highest BCUT2D eigenvalue weighted by Gasteiger charge is 2.25. The molecule has 0 aliphatic carbocycles. The van der Waals surface area contributed by atoms with Crippen LogP contribution in [0.1, 0.15) is 25.6 Å². The van der Waals surface area contributed by atoms with E-state index in [9.17, 15) is 5.11 Å². The first-order chi connectivity index (χ1) is 9.60. The van der Waals surface area contributed by atoms with Crippen LogP contribution in [0.15, 0.2) is 12.4 Å². The molecule has 114 valence electrons. The van der Waals surface area contributed by atoms with Gasteiger partial charge >= 0.3 is 0 Å². The molecular weight excluding hydrogens is 252 g/mol. The number of hydrogen-bond donors (Lipinski definition) is 1. The number of piperazine rings is 1. The predicted molar refractivity (Wildman–Crippen MR) is 80.8 cm³/mol. The average Bonchev–Trinajstić information content (AvgIpc) is 2.82. The fourth-order valence-corrected chi connectivity index (χ4v) is 2.94.